The molecule has 3 nitrogen and oxygen atoms in total. The number of ketones is 1. The van der Waals surface area contributed by atoms with E-state index >= 15 is 0 Å². The summed E-state index contributed by atoms with van der Waals surface area (Å²) in [6, 6.07) is 0. The SMILES string of the molecule is CC1=C(C(=O)C2CC=C(CCCC(C)(C)O)CC2)CCC(C)C1C=O. The summed E-state index contributed by atoms with van der Waals surface area (Å²) >= 11 is 0. The lowest BCUT2D eigenvalue weighted by Crippen LogP contribution is -2.27. The third-order valence-corrected chi connectivity index (χ3v) is 6.04. The summed E-state index contributed by atoms with van der Waals surface area (Å²) in [4.78, 5) is 24.3. The zero-order chi connectivity index (χ0) is 18.6. The van der Waals surface area contributed by atoms with Gasteiger partial charge in [-0.15, -0.1) is 0 Å². The molecule has 0 radical (unpaired) electrons. The predicted molar refractivity (Wildman–Crippen MR) is 101 cm³/mol. The van der Waals surface area contributed by atoms with Gasteiger partial charge in [-0.1, -0.05) is 24.1 Å². The molecule has 0 bridgehead atoms. The van der Waals surface area contributed by atoms with Crippen LogP contribution in [0.2, 0.25) is 0 Å². The van der Waals surface area contributed by atoms with E-state index in [-0.39, 0.29) is 17.6 Å². The molecule has 2 aliphatic rings. The van der Waals surface area contributed by atoms with Gasteiger partial charge in [0, 0.05) is 11.8 Å². The molecule has 0 heterocycles. The summed E-state index contributed by atoms with van der Waals surface area (Å²) in [5.41, 5.74) is 2.78. The van der Waals surface area contributed by atoms with Crippen LogP contribution in [0.5, 0.6) is 0 Å². The molecule has 0 fully saturated rings. The van der Waals surface area contributed by atoms with Crippen molar-refractivity contribution in [3.63, 3.8) is 0 Å². The highest BCUT2D eigenvalue weighted by molar-refractivity contribution is 5.98. The van der Waals surface area contributed by atoms with Gasteiger partial charge in [0.25, 0.3) is 0 Å². The highest BCUT2D eigenvalue weighted by Gasteiger charge is 2.32. The molecule has 0 saturated heterocycles. The summed E-state index contributed by atoms with van der Waals surface area (Å²) in [5.74, 6) is 0.638. The first-order chi connectivity index (χ1) is 11.7. The van der Waals surface area contributed by atoms with Crippen molar-refractivity contribution in [3.8, 4) is 0 Å². The van der Waals surface area contributed by atoms with Crippen LogP contribution in [0.4, 0.5) is 0 Å². The zero-order valence-electron chi connectivity index (χ0n) is 16.3. The van der Waals surface area contributed by atoms with Gasteiger partial charge in [-0.25, -0.2) is 0 Å². The van der Waals surface area contributed by atoms with Gasteiger partial charge in [0.1, 0.15) is 6.29 Å². The number of aldehydes is 1. The quantitative estimate of drug-likeness (QED) is 0.533. The number of rotatable bonds is 7. The van der Waals surface area contributed by atoms with E-state index in [4.69, 9.17) is 0 Å². The van der Waals surface area contributed by atoms with E-state index in [1.165, 1.54) is 5.57 Å². The fourth-order valence-electron chi connectivity index (χ4n) is 4.28. The average Bonchev–Trinajstić information content (AvgIpc) is 2.54. The van der Waals surface area contributed by atoms with Crippen LogP contribution in [-0.4, -0.2) is 22.8 Å². The molecule has 25 heavy (non-hydrogen) atoms. The fraction of sp³-hybridized carbons (Fsp3) is 0.727. The van der Waals surface area contributed by atoms with Gasteiger partial charge in [-0.05, 0) is 83.6 Å². The van der Waals surface area contributed by atoms with E-state index in [0.717, 1.165) is 68.8 Å². The normalized spacial score (nSPS) is 27.9. The molecule has 0 aromatic rings. The molecule has 3 atom stereocenters. The molecule has 3 heteroatoms. The minimum atomic E-state index is -0.592. The Hall–Kier alpha value is -1.22. The summed E-state index contributed by atoms with van der Waals surface area (Å²) in [5, 5.41) is 9.80. The Labute approximate surface area is 152 Å². The van der Waals surface area contributed by atoms with Gasteiger partial charge in [0.05, 0.1) is 5.60 Å². The molecule has 140 valence electrons. The van der Waals surface area contributed by atoms with E-state index in [9.17, 15) is 14.7 Å². The zero-order valence-corrected chi connectivity index (χ0v) is 16.3. The van der Waals surface area contributed by atoms with Crippen LogP contribution in [0, 0.1) is 17.8 Å². The van der Waals surface area contributed by atoms with Crippen molar-refractivity contribution in [2.24, 2.45) is 17.8 Å². The number of Topliss-reactive ketones (excluding diaryl/α,β-unsaturated/α-hetero) is 1. The van der Waals surface area contributed by atoms with Crippen molar-refractivity contribution < 1.29 is 14.7 Å². The second kappa shape index (κ2) is 8.44. The molecule has 2 aliphatic carbocycles. The van der Waals surface area contributed by atoms with Crippen LogP contribution in [0.15, 0.2) is 22.8 Å². The summed E-state index contributed by atoms with van der Waals surface area (Å²) in [6.45, 7) is 7.78. The van der Waals surface area contributed by atoms with Gasteiger partial charge in [-0.2, -0.15) is 0 Å². The minimum Gasteiger partial charge on any atom is -0.390 e. The molecule has 0 aromatic heterocycles. The van der Waals surface area contributed by atoms with E-state index in [0.29, 0.717) is 5.92 Å². The summed E-state index contributed by atoms with van der Waals surface area (Å²) in [7, 11) is 0. The van der Waals surface area contributed by atoms with Crippen molar-refractivity contribution in [3.05, 3.63) is 22.8 Å². The molecule has 3 unspecified atom stereocenters. The Morgan fingerprint density at radius 2 is 2.04 bits per heavy atom. The first kappa shape index (κ1) is 20.1. The highest BCUT2D eigenvalue weighted by atomic mass is 16.3. The maximum absolute atomic E-state index is 12.9. The number of hydrogen-bond donors (Lipinski definition) is 1. The predicted octanol–water partition coefficient (Wildman–Crippen LogP) is 4.78. The van der Waals surface area contributed by atoms with Crippen LogP contribution in [-0.2, 0) is 9.59 Å². The van der Waals surface area contributed by atoms with E-state index in [1.807, 2.05) is 20.8 Å². The lowest BCUT2D eigenvalue weighted by atomic mass is 9.73. The van der Waals surface area contributed by atoms with Crippen LogP contribution >= 0.6 is 0 Å². The fourth-order valence-corrected chi connectivity index (χ4v) is 4.28. The van der Waals surface area contributed by atoms with Crippen molar-refractivity contribution in [1.82, 2.24) is 0 Å². The Morgan fingerprint density at radius 3 is 2.60 bits per heavy atom. The van der Waals surface area contributed by atoms with Crippen LogP contribution in [0.1, 0.15) is 79.1 Å². The van der Waals surface area contributed by atoms with Gasteiger partial charge >= 0.3 is 0 Å². The first-order valence-electron chi connectivity index (χ1n) is 9.82. The second-order valence-corrected chi connectivity index (χ2v) is 8.70. The Kier molecular flexibility index (Phi) is 6.79. The Morgan fingerprint density at radius 1 is 1.32 bits per heavy atom. The van der Waals surface area contributed by atoms with Gasteiger partial charge in [0.15, 0.2) is 5.78 Å². The smallest absolute Gasteiger partial charge is 0.162 e. The van der Waals surface area contributed by atoms with Gasteiger partial charge in [-0.3, -0.25) is 4.79 Å². The molecule has 0 aromatic carbocycles. The maximum atomic E-state index is 12.9. The van der Waals surface area contributed by atoms with E-state index < -0.39 is 5.60 Å². The molecule has 0 amide bonds. The average molecular weight is 347 g/mol. The number of allylic oxidation sites excluding steroid dienone is 4. The molecule has 0 saturated carbocycles. The van der Waals surface area contributed by atoms with E-state index in [2.05, 4.69) is 13.0 Å². The molecule has 1 N–H and O–H groups in total. The minimum absolute atomic E-state index is 0.0794. The monoisotopic (exact) mass is 346 g/mol. The van der Waals surface area contributed by atoms with Gasteiger partial charge in [0.2, 0.25) is 0 Å². The van der Waals surface area contributed by atoms with Crippen molar-refractivity contribution >= 4 is 12.1 Å². The number of aliphatic hydroxyl groups is 1. The molecule has 2 rings (SSSR count). The molecular formula is C22H34O3. The largest absolute Gasteiger partial charge is 0.390 e. The maximum Gasteiger partial charge on any atom is 0.162 e. The summed E-state index contributed by atoms with van der Waals surface area (Å²) in [6.07, 6.45) is 10.6. The highest BCUT2D eigenvalue weighted by Crippen LogP contribution is 2.37. The van der Waals surface area contributed by atoms with Crippen molar-refractivity contribution in [2.45, 2.75) is 84.7 Å². The molecule has 0 aliphatic heterocycles. The Bertz CT molecular complexity index is 562. The van der Waals surface area contributed by atoms with Gasteiger partial charge < -0.3 is 9.90 Å². The molecule has 0 spiro atoms. The van der Waals surface area contributed by atoms with Crippen LogP contribution < -0.4 is 0 Å². The van der Waals surface area contributed by atoms with Crippen LogP contribution in [0.3, 0.4) is 0 Å². The third-order valence-electron chi connectivity index (χ3n) is 6.04. The van der Waals surface area contributed by atoms with E-state index in [1.54, 1.807) is 0 Å². The van der Waals surface area contributed by atoms with Crippen molar-refractivity contribution in [1.29, 1.82) is 0 Å². The third kappa shape index (κ3) is 5.37. The second-order valence-electron chi connectivity index (χ2n) is 8.70. The summed E-state index contributed by atoms with van der Waals surface area (Å²) < 4.78 is 0. The van der Waals surface area contributed by atoms with Crippen LogP contribution in [0.25, 0.3) is 0 Å². The Balaban J connectivity index is 1.94. The first-order valence-corrected chi connectivity index (χ1v) is 9.82. The lowest BCUT2D eigenvalue weighted by molar-refractivity contribution is -0.119. The molecular weight excluding hydrogens is 312 g/mol. The number of carbonyl (C=O) groups is 2. The lowest BCUT2D eigenvalue weighted by Gasteiger charge is -2.30. The standard InChI is InChI=1S/C22H34O3/c1-15-7-12-19(16(2)20(15)14-23)21(24)18-10-8-17(9-11-18)6-5-13-22(3,4)25/h8,14-15,18,20,25H,5-7,9-13H2,1-4H3. The van der Waals surface area contributed by atoms with Crippen molar-refractivity contribution in [2.75, 3.05) is 0 Å². The topological polar surface area (TPSA) is 54.4 Å². The number of hydrogen-bond acceptors (Lipinski definition) is 3. The number of carbonyl (C=O) groups excluding carboxylic acids is 2.